The molecule has 4 aromatic rings. The summed E-state index contributed by atoms with van der Waals surface area (Å²) in [6, 6.07) is 23.6. The lowest BCUT2D eigenvalue weighted by molar-refractivity contribution is 0.130. The smallest absolute Gasteiger partial charge is 0.174 e. The van der Waals surface area contributed by atoms with E-state index >= 15 is 0 Å². The number of methoxy groups -OCH3 is 1. The highest BCUT2D eigenvalue weighted by Crippen LogP contribution is 2.29. The van der Waals surface area contributed by atoms with Crippen molar-refractivity contribution in [1.29, 1.82) is 0 Å². The van der Waals surface area contributed by atoms with Gasteiger partial charge in [0.2, 0.25) is 0 Å². The summed E-state index contributed by atoms with van der Waals surface area (Å²) < 4.78 is 10.7. The average molecular weight is 372 g/mol. The van der Waals surface area contributed by atoms with Gasteiger partial charge in [-0.15, -0.1) is 0 Å². The third-order valence-corrected chi connectivity index (χ3v) is 4.52. The van der Waals surface area contributed by atoms with Gasteiger partial charge in [0, 0.05) is 5.56 Å². The predicted molar refractivity (Wildman–Crippen MR) is 109 cm³/mol. The Morgan fingerprint density at radius 1 is 1.00 bits per heavy atom. The molecule has 0 saturated carbocycles. The van der Waals surface area contributed by atoms with E-state index in [1.807, 2.05) is 79.7 Å². The molecule has 28 heavy (non-hydrogen) atoms. The lowest BCUT2D eigenvalue weighted by Gasteiger charge is -2.04. The molecular weight excluding hydrogens is 352 g/mol. The Kier molecular flexibility index (Phi) is 5.06. The van der Waals surface area contributed by atoms with E-state index in [0.717, 1.165) is 44.8 Å². The zero-order valence-electron chi connectivity index (χ0n) is 15.8. The molecule has 0 aliphatic carbocycles. The summed E-state index contributed by atoms with van der Waals surface area (Å²) in [6.45, 7) is 2.32. The SMILES string of the molecule is COc1ccc(CON=C(C)c2ccc3noc(-c4ccccc4)c3c2)cc1. The summed E-state index contributed by atoms with van der Waals surface area (Å²) in [5.41, 5.74) is 4.58. The highest BCUT2D eigenvalue weighted by molar-refractivity contribution is 6.03. The van der Waals surface area contributed by atoms with Gasteiger partial charge in [-0.2, -0.15) is 0 Å². The molecule has 0 bridgehead atoms. The normalized spacial score (nSPS) is 11.6. The standard InChI is InChI=1S/C23H20N2O3/c1-16(24-27-15-17-8-11-20(26-2)12-9-17)19-10-13-22-21(14-19)23(28-25-22)18-6-4-3-5-7-18/h3-14H,15H2,1-2H3. The van der Waals surface area contributed by atoms with Crippen LogP contribution in [0.3, 0.4) is 0 Å². The summed E-state index contributed by atoms with van der Waals surface area (Å²) in [5, 5.41) is 9.37. The van der Waals surface area contributed by atoms with Crippen molar-refractivity contribution >= 4 is 16.6 Å². The van der Waals surface area contributed by atoms with Crippen LogP contribution in [-0.2, 0) is 11.4 Å². The van der Waals surface area contributed by atoms with E-state index in [4.69, 9.17) is 14.1 Å². The molecule has 5 nitrogen and oxygen atoms in total. The quantitative estimate of drug-likeness (QED) is 0.334. The number of benzene rings is 3. The molecule has 0 spiro atoms. The Hall–Kier alpha value is -3.60. The molecule has 0 unspecified atom stereocenters. The van der Waals surface area contributed by atoms with E-state index in [-0.39, 0.29) is 0 Å². The molecule has 0 atom stereocenters. The Bertz CT molecular complexity index is 1100. The molecule has 4 rings (SSSR count). The first-order chi connectivity index (χ1) is 13.7. The maximum Gasteiger partial charge on any atom is 0.174 e. The van der Waals surface area contributed by atoms with Crippen LogP contribution in [0.4, 0.5) is 0 Å². The highest BCUT2D eigenvalue weighted by Gasteiger charge is 2.12. The topological polar surface area (TPSA) is 56.9 Å². The first-order valence-electron chi connectivity index (χ1n) is 8.99. The minimum Gasteiger partial charge on any atom is -0.497 e. The Morgan fingerprint density at radius 3 is 2.54 bits per heavy atom. The molecule has 0 saturated heterocycles. The lowest BCUT2D eigenvalue weighted by atomic mass is 10.0. The summed E-state index contributed by atoms with van der Waals surface area (Å²) in [7, 11) is 1.65. The van der Waals surface area contributed by atoms with Gasteiger partial charge >= 0.3 is 0 Å². The minimum atomic E-state index is 0.395. The maximum atomic E-state index is 5.56. The van der Waals surface area contributed by atoms with Gasteiger partial charge in [0.15, 0.2) is 5.76 Å². The number of hydrogen-bond donors (Lipinski definition) is 0. The molecule has 1 aromatic heterocycles. The van der Waals surface area contributed by atoms with Crippen LogP contribution in [0, 0.1) is 0 Å². The second-order valence-corrected chi connectivity index (χ2v) is 6.41. The van der Waals surface area contributed by atoms with Crippen LogP contribution in [0.1, 0.15) is 18.1 Å². The predicted octanol–water partition coefficient (Wildman–Crippen LogP) is 5.44. The van der Waals surface area contributed by atoms with Crippen molar-refractivity contribution in [2.45, 2.75) is 13.5 Å². The van der Waals surface area contributed by atoms with Gasteiger partial charge in [-0.1, -0.05) is 58.8 Å². The maximum absolute atomic E-state index is 5.56. The summed E-state index contributed by atoms with van der Waals surface area (Å²) in [5.74, 6) is 1.57. The van der Waals surface area contributed by atoms with Crippen LogP contribution in [-0.4, -0.2) is 18.0 Å². The van der Waals surface area contributed by atoms with Gasteiger partial charge in [-0.25, -0.2) is 0 Å². The van der Waals surface area contributed by atoms with Crippen molar-refractivity contribution in [1.82, 2.24) is 5.16 Å². The first kappa shape index (κ1) is 17.8. The Balaban J connectivity index is 1.53. The van der Waals surface area contributed by atoms with Gasteiger partial charge in [0.05, 0.1) is 18.2 Å². The number of rotatable bonds is 6. The minimum absolute atomic E-state index is 0.395. The molecule has 140 valence electrons. The van der Waals surface area contributed by atoms with E-state index in [9.17, 15) is 0 Å². The zero-order chi connectivity index (χ0) is 19.3. The molecule has 0 aliphatic heterocycles. The highest BCUT2D eigenvalue weighted by atomic mass is 16.6. The molecule has 0 amide bonds. The summed E-state index contributed by atoms with van der Waals surface area (Å²) in [4.78, 5) is 5.53. The van der Waals surface area contributed by atoms with E-state index in [1.54, 1.807) is 7.11 Å². The lowest BCUT2D eigenvalue weighted by Crippen LogP contribution is -1.97. The largest absolute Gasteiger partial charge is 0.497 e. The Labute approximate surface area is 163 Å². The van der Waals surface area contributed by atoms with Crippen LogP contribution in [0.25, 0.3) is 22.2 Å². The van der Waals surface area contributed by atoms with E-state index < -0.39 is 0 Å². The van der Waals surface area contributed by atoms with Crippen LogP contribution >= 0.6 is 0 Å². The molecule has 0 N–H and O–H groups in total. The number of nitrogens with zero attached hydrogens (tertiary/aromatic N) is 2. The Morgan fingerprint density at radius 2 is 1.79 bits per heavy atom. The van der Waals surface area contributed by atoms with Gasteiger partial charge < -0.3 is 14.1 Å². The molecule has 0 aliphatic rings. The monoisotopic (exact) mass is 372 g/mol. The van der Waals surface area contributed by atoms with Gasteiger partial charge in [-0.3, -0.25) is 0 Å². The number of fused-ring (bicyclic) bond motifs is 1. The first-order valence-corrected chi connectivity index (χ1v) is 8.99. The van der Waals surface area contributed by atoms with Gasteiger partial charge in [-0.05, 0) is 42.3 Å². The number of ether oxygens (including phenoxy) is 1. The van der Waals surface area contributed by atoms with Gasteiger partial charge in [0.1, 0.15) is 17.9 Å². The van der Waals surface area contributed by atoms with Crippen LogP contribution in [0.15, 0.2) is 82.5 Å². The third-order valence-electron chi connectivity index (χ3n) is 4.52. The molecular formula is C23H20N2O3. The fourth-order valence-electron chi connectivity index (χ4n) is 2.94. The molecule has 0 radical (unpaired) electrons. The molecule has 0 fully saturated rings. The summed E-state index contributed by atoms with van der Waals surface area (Å²) >= 11 is 0. The summed E-state index contributed by atoms with van der Waals surface area (Å²) in [6.07, 6.45) is 0. The van der Waals surface area contributed by atoms with E-state index in [1.165, 1.54) is 0 Å². The average Bonchev–Trinajstić information content (AvgIpc) is 3.18. The zero-order valence-corrected chi connectivity index (χ0v) is 15.8. The molecule has 5 heteroatoms. The number of oxime groups is 1. The molecule has 1 heterocycles. The van der Waals surface area contributed by atoms with Crippen LogP contribution in [0.5, 0.6) is 5.75 Å². The van der Waals surface area contributed by atoms with Gasteiger partial charge in [0.25, 0.3) is 0 Å². The van der Waals surface area contributed by atoms with E-state index in [2.05, 4.69) is 10.3 Å². The second kappa shape index (κ2) is 7.96. The van der Waals surface area contributed by atoms with E-state index in [0.29, 0.717) is 6.61 Å². The van der Waals surface area contributed by atoms with Crippen molar-refractivity contribution in [2.24, 2.45) is 5.16 Å². The van der Waals surface area contributed by atoms with Crippen molar-refractivity contribution in [3.8, 4) is 17.1 Å². The van der Waals surface area contributed by atoms with Crippen molar-refractivity contribution in [3.63, 3.8) is 0 Å². The van der Waals surface area contributed by atoms with Crippen LogP contribution < -0.4 is 4.74 Å². The van der Waals surface area contributed by atoms with Crippen LogP contribution in [0.2, 0.25) is 0 Å². The van der Waals surface area contributed by atoms with Crippen molar-refractivity contribution in [2.75, 3.05) is 7.11 Å². The number of aromatic nitrogens is 1. The van der Waals surface area contributed by atoms with Crippen molar-refractivity contribution < 1.29 is 14.1 Å². The molecule has 3 aromatic carbocycles. The third kappa shape index (κ3) is 3.74. The van der Waals surface area contributed by atoms with Crippen molar-refractivity contribution in [3.05, 3.63) is 83.9 Å². The second-order valence-electron chi connectivity index (χ2n) is 6.41. The number of hydrogen-bond acceptors (Lipinski definition) is 5. The fourth-order valence-corrected chi connectivity index (χ4v) is 2.94. The fraction of sp³-hybridized carbons (Fsp3) is 0.130.